The number of nitrogens with two attached hydrogens (primary N) is 1. The SMILES string of the molecule is CC(C)CC(NC(=O)C(C)NC(=O)C(NC(=O)CN)C(C)C)C(=O)O. The van der Waals surface area contributed by atoms with Crippen molar-refractivity contribution in [2.24, 2.45) is 17.6 Å². The number of nitrogens with one attached hydrogen (secondary N) is 3. The van der Waals surface area contributed by atoms with Crippen LogP contribution in [0.4, 0.5) is 0 Å². The molecule has 0 heterocycles. The van der Waals surface area contributed by atoms with Gasteiger partial charge in [0.2, 0.25) is 17.7 Å². The van der Waals surface area contributed by atoms with Crippen LogP contribution in [0, 0.1) is 11.8 Å². The van der Waals surface area contributed by atoms with Crippen molar-refractivity contribution in [2.45, 2.75) is 59.2 Å². The minimum absolute atomic E-state index is 0.0862. The molecule has 3 atom stereocenters. The average molecular weight is 358 g/mol. The molecule has 6 N–H and O–H groups in total. The molecule has 3 amide bonds. The van der Waals surface area contributed by atoms with Gasteiger partial charge in [0.05, 0.1) is 6.54 Å². The molecule has 0 aromatic heterocycles. The number of rotatable bonds is 10. The fourth-order valence-electron chi connectivity index (χ4n) is 2.13. The van der Waals surface area contributed by atoms with Crippen LogP contribution in [0.15, 0.2) is 0 Å². The molecule has 0 rings (SSSR count). The molecule has 0 aromatic carbocycles. The summed E-state index contributed by atoms with van der Waals surface area (Å²) in [4.78, 5) is 47.1. The van der Waals surface area contributed by atoms with Crippen LogP contribution in [0.3, 0.4) is 0 Å². The minimum Gasteiger partial charge on any atom is -0.480 e. The molecule has 0 radical (unpaired) electrons. The molecule has 0 saturated carbocycles. The fourth-order valence-corrected chi connectivity index (χ4v) is 2.13. The largest absolute Gasteiger partial charge is 0.480 e. The van der Waals surface area contributed by atoms with Crippen LogP contribution in [-0.4, -0.2) is 53.5 Å². The Morgan fingerprint density at radius 1 is 0.920 bits per heavy atom. The lowest BCUT2D eigenvalue weighted by Gasteiger charge is -2.24. The summed E-state index contributed by atoms with van der Waals surface area (Å²) in [7, 11) is 0. The second kappa shape index (κ2) is 10.7. The van der Waals surface area contributed by atoms with Gasteiger partial charge in [-0.3, -0.25) is 14.4 Å². The first-order valence-corrected chi connectivity index (χ1v) is 8.32. The summed E-state index contributed by atoms with van der Waals surface area (Å²) < 4.78 is 0. The van der Waals surface area contributed by atoms with E-state index in [4.69, 9.17) is 10.8 Å². The van der Waals surface area contributed by atoms with Crippen LogP contribution in [0.2, 0.25) is 0 Å². The van der Waals surface area contributed by atoms with Gasteiger partial charge in [0.25, 0.3) is 0 Å². The van der Waals surface area contributed by atoms with E-state index in [1.807, 2.05) is 13.8 Å². The summed E-state index contributed by atoms with van der Waals surface area (Å²) >= 11 is 0. The fraction of sp³-hybridized carbons (Fsp3) is 0.750. The lowest BCUT2D eigenvalue weighted by atomic mass is 10.0. The van der Waals surface area contributed by atoms with E-state index in [-0.39, 0.29) is 24.8 Å². The third-order valence-corrected chi connectivity index (χ3v) is 3.52. The summed E-state index contributed by atoms with van der Waals surface area (Å²) in [5, 5.41) is 16.6. The Morgan fingerprint density at radius 2 is 1.48 bits per heavy atom. The highest BCUT2D eigenvalue weighted by atomic mass is 16.4. The van der Waals surface area contributed by atoms with Crippen LogP contribution in [-0.2, 0) is 19.2 Å². The molecule has 25 heavy (non-hydrogen) atoms. The van der Waals surface area contributed by atoms with Crippen molar-refractivity contribution in [1.82, 2.24) is 16.0 Å². The maximum Gasteiger partial charge on any atom is 0.326 e. The topological polar surface area (TPSA) is 151 Å². The molecular formula is C16H30N4O5. The van der Waals surface area contributed by atoms with Gasteiger partial charge in [-0.25, -0.2) is 4.79 Å². The van der Waals surface area contributed by atoms with Crippen molar-refractivity contribution in [3.8, 4) is 0 Å². The number of amides is 3. The first-order chi connectivity index (χ1) is 11.5. The third kappa shape index (κ3) is 8.48. The van der Waals surface area contributed by atoms with Crippen molar-refractivity contribution in [1.29, 1.82) is 0 Å². The van der Waals surface area contributed by atoms with E-state index in [0.717, 1.165) is 0 Å². The summed E-state index contributed by atoms with van der Waals surface area (Å²) in [5.41, 5.74) is 5.23. The van der Waals surface area contributed by atoms with E-state index in [1.165, 1.54) is 6.92 Å². The zero-order valence-electron chi connectivity index (χ0n) is 15.5. The summed E-state index contributed by atoms with van der Waals surface area (Å²) in [6.07, 6.45) is 0.281. The van der Waals surface area contributed by atoms with Crippen LogP contribution in [0.25, 0.3) is 0 Å². The normalized spacial score (nSPS) is 14.6. The molecule has 9 heteroatoms. The van der Waals surface area contributed by atoms with E-state index >= 15 is 0 Å². The molecule has 0 aliphatic carbocycles. The second-order valence-electron chi connectivity index (χ2n) is 6.75. The van der Waals surface area contributed by atoms with E-state index < -0.39 is 41.8 Å². The van der Waals surface area contributed by atoms with E-state index in [9.17, 15) is 19.2 Å². The number of aliphatic carboxylic acids is 1. The van der Waals surface area contributed by atoms with Crippen LogP contribution >= 0.6 is 0 Å². The quantitative estimate of drug-likeness (QED) is 0.345. The molecule has 0 saturated heterocycles. The first-order valence-electron chi connectivity index (χ1n) is 8.32. The first kappa shape index (κ1) is 22.8. The predicted molar refractivity (Wildman–Crippen MR) is 92.4 cm³/mol. The van der Waals surface area contributed by atoms with E-state index in [1.54, 1.807) is 13.8 Å². The monoisotopic (exact) mass is 358 g/mol. The Kier molecular flexibility index (Phi) is 9.73. The van der Waals surface area contributed by atoms with E-state index in [2.05, 4.69) is 16.0 Å². The van der Waals surface area contributed by atoms with Gasteiger partial charge in [-0.2, -0.15) is 0 Å². The van der Waals surface area contributed by atoms with Crippen LogP contribution in [0.5, 0.6) is 0 Å². The summed E-state index contributed by atoms with van der Waals surface area (Å²) in [5.74, 6) is -2.87. The Morgan fingerprint density at radius 3 is 1.88 bits per heavy atom. The molecule has 0 spiro atoms. The van der Waals surface area contributed by atoms with Crippen molar-refractivity contribution in [3.05, 3.63) is 0 Å². The van der Waals surface area contributed by atoms with Crippen molar-refractivity contribution < 1.29 is 24.3 Å². The Balaban J connectivity index is 4.84. The second-order valence-corrected chi connectivity index (χ2v) is 6.75. The average Bonchev–Trinajstić information content (AvgIpc) is 2.50. The van der Waals surface area contributed by atoms with Crippen LogP contribution < -0.4 is 21.7 Å². The molecule has 0 aliphatic rings. The molecule has 9 nitrogen and oxygen atoms in total. The number of carboxylic acid groups (broad SMARTS) is 1. The van der Waals surface area contributed by atoms with Gasteiger partial charge in [0, 0.05) is 0 Å². The Bertz CT molecular complexity index is 493. The van der Waals surface area contributed by atoms with E-state index in [0.29, 0.717) is 0 Å². The van der Waals surface area contributed by atoms with Crippen LogP contribution in [0.1, 0.15) is 41.0 Å². The zero-order valence-corrected chi connectivity index (χ0v) is 15.5. The number of hydrogen-bond acceptors (Lipinski definition) is 5. The number of carbonyl (C=O) groups excluding carboxylic acids is 3. The van der Waals surface area contributed by atoms with Gasteiger partial charge in [-0.05, 0) is 25.2 Å². The number of carboxylic acids is 1. The maximum absolute atomic E-state index is 12.3. The molecule has 0 aromatic rings. The Labute approximate surface area is 148 Å². The van der Waals surface area contributed by atoms with Gasteiger partial charge in [-0.1, -0.05) is 27.7 Å². The smallest absolute Gasteiger partial charge is 0.326 e. The molecule has 0 aliphatic heterocycles. The Hall–Kier alpha value is -2.16. The minimum atomic E-state index is -1.13. The standard InChI is InChI=1S/C16H30N4O5/c1-8(2)6-11(16(24)25)19-14(22)10(5)18-15(23)13(9(3)4)20-12(21)7-17/h8-11,13H,6-7,17H2,1-5H3,(H,18,23)(H,19,22)(H,20,21)(H,24,25). The molecule has 0 bridgehead atoms. The maximum atomic E-state index is 12.3. The summed E-state index contributed by atoms with van der Waals surface area (Å²) in [6, 6.07) is -2.81. The molecular weight excluding hydrogens is 328 g/mol. The van der Waals surface area contributed by atoms with Gasteiger partial charge < -0.3 is 26.8 Å². The van der Waals surface area contributed by atoms with Gasteiger partial charge in [0.15, 0.2) is 0 Å². The molecule has 0 fully saturated rings. The van der Waals surface area contributed by atoms with Crippen molar-refractivity contribution >= 4 is 23.7 Å². The van der Waals surface area contributed by atoms with Crippen molar-refractivity contribution in [3.63, 3.8) is 0 Å². The highest BCUT2D eigenvalue weighted by molar-refractivity contribution is 5.93. The van der Waals surface area contributed by atoms with Gasteiger partial charge >= 0.3 is 5.97 Å². The zero-order chi connectivity index (χ0) is 19.7. The highest BCUT2D eigenvalue weighted by Gasteiger charge is 2.28. The number of carbonyl (C=O) groups is 4. The molecule has 144 valence electrons. The number of hydrogen-bond donors (Lipinski definition) is 5. The third-order valence-electron chi connectivity index (χ3n) is 3.52. The lowest BCUT2D eigenvalue weighted by Crippen LogP contribution is -2.56. The van der Waals surface area contributed by atoms with Crippen molar-refractivity contribution in [2.75, 3.05) is 6.54 Å². The lowest BCUT2D eigenvalue weighted by molar-refractivity contribution is -0.142. The highest BCUT2D eigenvalue weighted by Crippen LogP contribution is 2.06. The van der Waals surface area contributed by atoms with Gasteiger partial charge in [-0.15, -0.1) is 0 Å². The summed E-state index contributed by atoms with van der Waals surface area (Å²) in [6.45, 7) is 8.39. The molecule has 3 unspecified atom stereocenters. The van der Waals surface area contributed by atoms with Gasteiger partial charge in [0.1, 0.15) is 18.1 Å². The predicted octanol–water partition coefficient (Wildman–Crippen LogP) is -0.794.